The van der Waals surface area contributed by atoms with Gasteiger partial charge in [0, 0.05) is 16.7 Å². The van der Waals surface area contributed by atoms with Crippen LogP contribution in [0.4, 0.5) is 0 Å². The fourth-order valence-corrected chi connectivity index (χ4v) is 7.76. The Labute approximate surface area is 214 Å². The molecule has 0 spiro atoms. The van der Waals surface area contributed by atoms with Gasteiger partial charge in [0.2, 0.25) is 0 Å². The highest BCUT2D eigenvalue weighted by Crippen LogP contribution is 2.61. The van der Waals surface area contributed by atoms with Crippen molar-refractivity contribution in [2.24, 2.45) is 0 Å². The molecule has 1 N–H and O–H groups in total. The summed E-state index contributed by atoms with van der Waals surface area (Å²) >= 11 is 0. The highest BCUT2D eigenvalue weighted by molar-refractivity contribution is 7.48. The van der Waals surface area contributed by atoms with Crippen molar-refractivity contribution in [2.75, 3.05) is 0 Å². The first-order valence-electron chi connectivity index (χ1n) is 13.4. The topological polar surface area (TPSA) is 55.8 Å². The first kappa shape index (κ1) is 23.8. The fraction of sp³-hybridized carbons (Fsp3) is 0.419. The lowest BCUT2D eigenvalue weighted by Gasteiger charge is -2.28. The van der Waals surface area contributed by atoms with E-state index in [4.69, 9.17) is 9.05 Å². The van der Waals surface area contributed by atoms with E-state index in [9.17, 15) is 9.46 Å². The zero-order chi connectivity index (χ0) is 25.2. The average molecular weight is 503 g/mol. The molecule has 3 aromatic carbocycles. The van der Waals surface area contributed by atoms with Crippen molar-refractivity contribution < 1.29 is 18.5 Å². The Hall–Kier alpha value is -2.55. The maximum atomic E-state index is 13.5. The van der Waals surface area contributed by atoms with E-state index < -0.39 is 7.82 Å². The van der Waals surface area contributed by atoms with Crippen molar-refractivity contribution in [1.82, 2.24) is 0 Å². The van der Waals surface area contributed by atoms with Crippen LogP contribution in [0.1, 0.15) is 77.1 Å². The number of phosphoric ester groups is 1. The molecule has 0 aromatic heterocycles. The number of rotatable bonds is 2. The fourth-order valence-electron chi connectivity index (χ4n) is 6.86. The Morgan fingerprint density at radius 2 is 1.28 bits per heavy atom. The molecule has 0 radical (unpaired) electrons. The summed E-state index contributed by atoms with van der Waals surface area (Å²) in [7, 11) is -4.39. The third kappa shape index (κ3) is 3.81. The third-order valence-corrected chi connectivity index (χ3v) is 9.10. The summed E-state index contributed by atoms with van der Waals surface area (Å²) in [5.41, 5.74) is 13.8. The van der Waals surface area contributed by atoms with Crippen molar-refractivity contribution in [3.05, 3.63) is 68.8 Å². The number of hydrogen-bond donors (Lipinski definition) is 1. The van der Waals surface area contributed by atoms with E-state index in [-0.39, 0.29) is 0 Å². The van der Waals surface area contributed by atoms with Gasteiger partial charge in [-0.1, -0.05) is 30.7 Å². The summed E-state index contributed by atoms with van der Waals surface area (Å²) in [5, 5.41) is 0. The molecule has 1 unspecified atom stereocenters. The molecule has 1 heterocycles. The van der Waals surface area contributed by atoms with E-state index >= 15 is 0 Å². The van der Waals surface area contributed by atoms with E-state index in [0.717, 1.165) is 90.3 Å². The molecule has 3 aliphatic rings. The van der Waals surface area contributed by atoms with Crippen LogP contribution < -0.4 is 9.05 Å². The summed E-state index contributed by atoms with van der Waals surface area (Å²) < 4.78 is 25.6. The van der Waals surface area contributed by atoms with Crippen molar-refractivity contribution in [2.45, 2.75) is 85.5 Å². The molecule has 36 heavy (non-hydrogen) atoms. The first-order chi connectivity index (χ1) is 17.3. The third-order valence-electron chi connectivity index (χ3n) is 8.27. The van der Waals surface area contributed by atoms with Gasteiger partial charge in [-0.15, -0.1) is 0 Å². The second kappa shape index (κ2) is 8.78. The van der Waals surface area contributed by atoms with E-state index in [1.165, 1.54) is 34.2 Å². The molecular formula is C31H35O4P. The average Bonchev–Trinajstić information content (AvgIpc) is 2.96. The van der Waals surface area contributed by atoms with Gasteiger partial charge in [0.05, 0.1) is 0 Å². The lowest BCUT2D eigenvalue weighted by Crippen LogP contribution is -2.11. The van der Waals surface area contributed by atoms with Crippen LogP contribution >= 0.6 is 7.82 Å². The van der Waals surface area contributed by atoms with Gasteiger partial charge >= 0.3 is 7.82 Å². The van der Waals surface area contributed by atoms with Crippen LogP contribution in [0.15, 0.2) is 24.3 Å². The Morgan fingerprint density at radius 3 is 1.89 bits per heavy atom. The van der Waals surface area contributed by atoms with E-state index in [1.54, 1.807) is 0 Å². The number of aryl methyl sites for hydroxylation is 6. The van der Waals surface area contributed by atoms with Crippen LogP contribution in [-0.2, 0) is 36.7 Å². The van der Waals surface area contributed by atoms with Gasteiger partial charge in [0.25, 0.3) is 0 Å². The zero-order valence-corrected chi connectivity index (χ0v) is 22.7. The van der Waals surface area contributed by atoms with E-state index in [2.05, 4.69) is 52.0 Å². The Bertz CT molecular complexity index is 1430. The Balaban J connectivity index is 1.79. The van der Waals surface area contributed by atoms with Gasteiger partial charge < -0.3 is 9.05 Å². The summed E-state index contributed by atoms with van der Waals surface area (Å²) in [5.74, 6) is 1.08. The Kier molecular flexibility index (Phi) is 5.81. The minimum Gasteiger partial charge on any atom is -0.394 e. The predicted octanol–water partition coefficient (Wildman–Crippen LogP) is 8.14. The molecule has 5 heteroatoms. The molecule has 188 valence electrons. The number of benzene rings is 3. The summed E-state index contributed by atoms with van der Waals surface area (Å²) in [6, 6.07) is 8.82. The van der Waals surface area contributed by atoms with Crippen LogP contribution in [0.3, 0.4) is 0 Å². The quantitative estimate of drug-likeness (QED) is 0.359. The highest BCUT2D eigenvalue weighted by atomic mass is 31.2. The van der Waals surface area contributed by atoms with Crippen LogP contribution in [0.25, 0.3) is 22.3 Å². The van der Waals surface area contributed by atoms with Crippen LogP contribution in [-0.4, -0.2) is 4.89 Å². The molecule has 0 saturated carbocycles. The maximum absolute atomic E-state index is 13.5. The molecule has 0 bridgehead atoms. The van der Waals surface area contributed by atoms with Crippen LogP contribution in [0, 0.1) is 20.8 Å². The van der Waals surface area contributed by atoms with Gasteiger partial charge in [0.1, 0.15) is 11.5 Å². The largest absolute Gasteiger partial charge is 0.584 e. The highest BCUT2D eigenvalue weighted by Gasteiger charge is 2.39. The van der Waals surface area contributed by atoms with Gasteiger partial charge in [-0.2, -0.15) is 0 Å². The van der Waals surface area contributed by atoms with E-state index in [0.29, 0.717) is 11.5 Å². The van der Waals surface area contributed by atoms with E-state index in [1.807, 2.05) is 0 Å². The molecule has 1 atom stereocenters. The molecular weight excluding hydrogens is 467 g/mol. The van der Waals surface area contributed by atoms with Crippen molar-refractivity contribution in [1.29, 1.82) is 0 Å². The smallest absolute Gasteiger partial charge is 0.394 e. The molecule has 3 aromatic rings. The molecule has 0 fully saturated rings. The minimum absolute atomic E-state index is 0.524. The van der Waals surface area contributed by atoms with Crippen LogP contribution in [0.5, 0.6) is 11.5 Å². The van der Waals surface area contributed by atoms with Gasteiger partial charge in [-0.25, -0.2) is 4.57 Å². The second-order valence-electron chi connectivity index (χ2n) is 10.8. The molecule has 2 aliphatic carbocycles. The number of fused-ring (bicyclic) bond motifs is 7. The molecule has 4 nitrogen and oxygen atoms in total. The molecule has 6 rings (SSSR count). The van der Waals surface area contributed by atoms with Crippen molar-refractivity contribution in [3.63, 3.8) is 0 Å². The normalized spacial score (nSPS) is 20.2. The molecule has 0 saturated heterocycles. The number of hydrogen-bond acceptors (Lipinski definition) is 3. The molecule has 1 aliphatic heterocycles. The first-order valence-corrected chi connectivity index (χ1v) is 14.9. The SMILES string of the molecule is CCc1cc2c(c3c1OP(=O)(O)Oc1c(-c4c(C)cc(C)cc4C)cc4c(c1-3)CCCC4)CCCC2. The summed E-state index contributed by atoms with van der Waals surface area (Å²) in [6.07, 6.45) is 9.28. The minimum atomic E-state index is -4.39. The number of phosphoric acid groups is 1. The van der Waals surface area contributed by atoms with Crippen molar-refractivity contribution in [3.8, 4) is 33.8 Å². The summed E-state index contributed by atoms with van der Waals surface area (Å²) in [6.45, 7) is 8.45. The second-order valence-corrected chi connectivity index (χ2v) is 12.1. The standard InChI is InChI=1S/C31H35O4P/c1-5-21-16-22-10-6-8-12-24(22)28-29-25-13-9-7-11-23(25)17-26(27-19(3)14-18(2)15-20(27)4)31(29)35-36(32,33)34-30(21)28/h14-17H,5-13H2,1-4H3,(H,32,33). The summed E-state index contributed by atoms with van der Waals surface area (Å²) in [4.78, 5) is 11.0. The lowest BCUT2D eigenvalue weighted by molar-refractivity contribution is 0.294. The zero-order valence-electron chi connectivity index (χ0n) is 21.8. The lowest BCUT2D eigenvalue weighted by atomic mass is 9.77. The monoisotopic (exact) mass is 502 g/mol. The van der Waals surface area contributed by atoms with Gasteiger partial charge in [-0.3, -0.25) is 4.89 Å². The van der Waals surface area contributed by atoms with Crippen LogP contribution in [0.2, 0.25) is 0 Å². The van der Waals surface area contributed by atoms with Crippen molar-refractivity contribution >= 4 is 7.82 Å². The van der Waals surface area contributed by atoms with Gasteiger partial charge in [0.15, 0.2) is 0 Å². The van der Waals surface area contributed by atoms with Gasteiger partial charge in [-0.05, 0) is 129 Å². The Morgan fingerprint density at radius 1 is 0.750 bits per heavy atom. The predicted molar refractivity (Wildman–Crippen MR) is 145 cm³/mol. The maximum Gasteiger partial charge on any atom is 0.584 e. The molecule has 0 amide bonds.